The van der Waals surface area contributed by atoms with Gasteiger partial charge in [0.2, 0.25) is 0 Å². The van der Waals surface area contributed by atoms with Crippen LogP contribution in [-0.4, -0.2) is 19.2 Å². The summed E-state index contributed by atoms with van der Waals surface area (Å²) >= 11 is 0. The first-order valence-corrected chi connectivity index (χ1v) is 7.46. The van der Waals surface area contributed by atoms with Gasteiger partial charge in [-0.25, -0.2) is 0 Å². The number of esters is 1. The van der Waals surface area contributed by atoms with Crippen LogP contribution in [0.2, 0.25) is 0 Å². The van der Waals surface area contributed by atoms with Crippen LogP contribution in [0.5, 0.6) is 17.2 Å². The minimum absolute atomic E-state index is 0.125. The second kappa shape index (κ2) is 7.92. The summed E-state index contributed by atoms with van der Waals surface area (Å²) in [5.41, 5.74) is -0.733. The van der Waals surface area contributed by atoms with E-state index in [1.165, 1.54) is 19.2 Å². The van der Waals surface area contributed by atoms with Gasteiger partial charge in [-0.3, -0.25) is 4.79 Å². The zero-order chi connectivity index (χ0) is 18.4. The van der Waals surface area contributed by atoms with E-state index >= 15 is 0 Å². The van der Waals surface area contributed by atoms with Crippen molar-refractivity contribution in [2.45, 2.75) is 25.6 Å². The molecule has 25 heavy (non-hydrogen) atoms. The fraction of sp³-hybridized carbons (Fsp3) is 0.278. The quantitative estimate of drug-likeness (QED) is 0.697. The summed E-state index contributed by atoms with van der Waals surface area (Å²) in [6.45, 7) is 1.74. The number of hydrogen-bond acceptors (Lipinski definition) is 4. The highest BCUT2D eigenvalue weighted by atomic mass is 19.4. The van der Waals surface area contributed by atoms with Crippen LogP contribution < -0.4 is 9.47 Å². The molecule has 0 aromatic heterocycles. The second-order valence-corrected chi connectivity index (χ2v) is 5.30. The Morgan fingerprint density at radius 2 is 1.44 bits per heavy atom. The maximum atomic E-state index is 12.5. The number of methoxy groups -OCH3 is 1. The van der Waals surface area contributed by atoms with E-state index in [-0.39, 0.29) is 18.5 Å². The van der Waals surface area contributed by atoms with Crippen LogP contribution in [0.15, 0.2) is 48.5 Å². The summed E-state index contributed by atoms with van der Waals surface area (Å²) in [5, 5.41) is 0. The molecule has 0 aliphatic carbocycles. The molecule has 0 spiro atoms. The van der Waals surface area contributed by atoms with Gasteiger partial charge in [0.05, 0.1) is 19.1 Å². The molecule has 0 aliphatic rings. The van der Waals surface area contributed by atoms with Crippen LogP contribution in [0.1, 0.15) is 18.9 Å². The molecule has 0 heterocycles. The monoisotopic (exact) mass is 354 g/mol. The van der Waals surface area contributed by atoms with E-state index in [0.29, 0.717) is 17.2 Å². The van der Waals surface area contributed by atoms with Crippen molar-refractivity contribution in [1.82, 2.24) is 0 Å². The molecule has 1 atom stereocenters. The molecule has 0 radical (unpaired) electrons. The predicted octanol–water partition coefficient (Wildman–Crippen LogP) is 4.83. The Bertz CT molecular complexity index is 694. The number of carbonyl (C=O) groups is 1. The average molecular weight is 354 g/mol. The Labute approximate surface area is 143 Å². The van der Waals surface area contributed by atoms with E-state index in [0.717, 1.165) is 12.1 Å². The summed E-state index contributed by atoms with van der Waals surface area (Å²) in [4.78, 5) is 11.2. The fourth-order valence-corrected chi connectivity index (χ4v) is 2.03. The highest BCUT2D eigenvalue weighted by Crippen LogP contribution is 2.31. The van der Waals surface area contributed by atoms with Gasteiger partial charge in [0.1, 0.15) is 23.4 Å². The van der Waals surface area contributed by atoms with Crippen LogP contribution in [0, 0.1) is 0 Å². The van der Waals surface area contributed by atoms with Crippen LogP contribution in [0.25, 0.3) is 0 Å². The van der Waals surface area contributed by atoms with Gasteiger partial charge in [-0.1, -0.05) is 0 Å². The lowest BCUT2D eigenvalue weighted by atomic mass is 10.2. The number of ether oxygens (including phenoxy) is 3. The summed E-state index contributed by atoms with van der Waals surface area (Å²) in [6.07, 6.45) is -4.60. The second-order valence-electron chi connectivity index (χ2n) is 5.30. The third kappa shape index (κ3) is 5.70. The summed E-state index contributed by atoms with van der Waals surface area (Å²) in [5.74, 6) is 0.916. The number of alkyl halides is 3. The minimum Gasteiger partial charge on any atom is -0.490 e. The van der Waals surface area contributed by atoms with Gasteiger partial charge in [0, 0.05) is 0 Å². The van der Waals surface area contributed by atoms with Gasteiger partial charge in [0.15, 0.2) is 0 Å². The Morgan fingerprint density at radius 1 is 0.960 bits per heavy atom. The van der Waals surface area contributed by atoms with Gasteiger partial charge in [-0.15, -0.1) is 0 Å². The van der Waals surface area contributed by atoms with Crippen molar-refractivity contribution < 1.29 is 32.2 Å². The molecule has 1 unspecified atom stereocenters. The van der Waals surface area contributed by atoms with Gasteiger partial charge in [0.25, 0.3) is 0 Å². The van der Waals surface area contributed by atoms with Crippen molar-refractivity contribution >= 4 is 5.97 Å². The van der Waals surface area contributed by atoms with Crippen LogP contribution in [-0.2, 0) is 15.7 Å². The molecule has 0 fully saturated rings. The molecular formula is C18H17F3O4. The molecule has 4 nitrogen and oxygen atoms in total. The molecule has 2 aromatic carbocycles. The Hall–Kier alpha value is -2.70. The van der Waals surface area contributed by atoms with Crippen molar-refractivity contribution in [1.29, 1.82) is 0 Å². The van der Waals surface area contributed by atoms with E-state index in [4.69, 9.17) is 9.47 Å². The van der Waals surface area contributed by atoms with Gasteiger partial charge in [-0.2, -0.15) is 13.2 Å². The Balaban J connectivity index is 1.95. The van der Waals surface area contributed by atoms with Crippen molar-refractivity contribution in [3.63, 3.8) is 0 Å². The Kier molecular flexibility index (Phi) is 5.90. The maximum absolute atomic E-state index is 12.5. The van der Waals surface area contributed by atoms with Crippen molar-refractivity contribution in [3.8, 4) is 17.2 Å². The Morgan fingerprint density at radius 3 is 1.92 bits per heavy atom. The first-order valence-electron chi connectivity index (χ1n) is 7.46. The molecule has 7 heteroatoms. The molecular weight excluding hydrogens is 337 g/mol. The van der Waals surface area contributed by atoms with Crippen LogP contribution in [0.3, 0.4) is 0 Å². The van der Waals surface area contributed by atoms with E-state index in [1.54, 1.807) is 31.2 Å². The standard InChI is InChI=1S/C18H17F3O4/c1-12(11-17(22)23-2)24-14-7-9-16(10-8-14)25-15-5-3-13(4-6-15)18(19,20)21/h3-10,12H,11H2,1-2H3. The average Bonchev–Trinajstić information content (AvgIpc) is 2.56. The van der Waals surface area contributed by atoms with Gasteiger partial charge >= 0.3 is 12.1 Å². The smallest absolute Gasteiger partial charge is 0.416 e. The predicted molar refractivity (Wildman–Crippen MR) is 84.7 cm³/mol. The number of benzene rings is 2. The lowest BCUT2D eigenvalue weighted by Gasteiger charge is -2.14. The molecule has 0 bridgehead atoms. The largest absolute Gasteiger partial charge is 0.490 e. The van der Waals surface area contributed by atoms with Crippen molar-refractivity contribution in [2.75, 3.05) is 7.11 Å². The number of hydrogen-bond donors (Lipinski definition) is 0. The van der Waals surface area contributed by atoms with E-state index in [1.807, 2.05) is 0 Å². The van der Waals surface area contributed by atoms with Crippen LogP contribution in [0.4, 0.5) is 13.2 Å². The summed E-state index contributed by atoms with van der Waals surface area (Å²) in [6, 6.07) is 11.0. The molecule has 2 aromatic rings. The summed E-state index contributed by atoms with van der Waals surface area (Å²) in [7, 11) is 1.31. The zero-order valence-electron chi connectivity index (χ0n) is 13.7. The molecule has 0 saturated heterocycles. The first kappa shape index (κ1) is 18.6. The molecule has 0 amide bonds. The van der Waals surface area contributed by atoms with E-state index in [9.17, 15) is 18.0 Å². The maximum Gasteiger partial charge on any atom is 0.416 e. The molecule has 0 saturated carbocycles. The number of carbonyl (C=O) groups excluding carboxylic acids is 1. The minimum atomic E-state index is -4.38. The highest BCUT2D eigenvalue weighted by molar-refractivity contribution is 5.69. The topological polar surface area (TPSA) is 44.8 Å². The fourth-order valence-electron chi connectivity index (χ4n) is 2.03. The first-order chi connectivity index (χ1) is 11.8. The van der Waals surface area contributed by atoms with Crippen LogP contribution >= 0.6 is 0 Å². The SMILES string of the molecule is COC(=O)CC(C)Oc1ccc(Oc2ccc(C(F)(F)F)cc2)cc1. The lowest BCUT2D eigenvalue weighted by Crippen LogP contribution is -2.17. The van der Waals surface area contributed by atoms with Gasteiger partial charge in [-0.05, 0) is 55.5 Å². The third-order valence-corrected chi connectivity index (χ3v) is 3.26. The number of halogens is 3. The van der Waals surface area contributed by atoms with E-state index in [2.05, 4.69) is 4.74 Å². The molecule has 0 N–H and O–H groups in total. The van der Waals surface area contributed by atoms with E-state index < -0.39 is 11.7 Å². The molecule has 0 aliphatic heterocycles. The normalized spacial score (nSPS) is 12.4. The highest BCUT2D eigenvalue weighted by Gasteiger charge is 2.30. The number of rotatable bonds is 6. The van der Waals surface area contributed by atoms with Gasteiger partial charge < -0.3 is 14.2 Å². The van der Waals surface area contributed by atoms with Crippen molar-refractivity contribution in [3.05, 3.63) is 54.1 Å². The molecule has 134 valence electrons. The third-order valence-electron chi connectivity index (χ3n) is 3.26. The molecule has 2 rings (SSSR count). The summed E-state index contributed by atoms with van der Waals surface area (Å²) < 4.78 is 53.2. The zero-order valence-corrected chi connectivity index (χ0v) is 13.7. The van der Waals surface area contributed by atoms with Crippen molar-refractivity contribution in [2.24, 2.45) is 0 Å². The lowest BCUT2D eigenvalue weighted by molar-refractivity contribution is -0.142.